The van der Waals surface area contributed by atoms with Crippen molar-refractivity contribution in [1.29, 1.82) is 0 Å². The van der Waals surface area contributed by atoms with E-state index < -0.39 is 0 Å². The molecule has 2 aliphatic carbocycles. The fourth-order valence-corrected chi connectivity index (χ4v) is 4.17. The van der Waals surface area contributed by atoms with Crippen LogP contribution in [0.15, 0.2) is 23.8 Å². The van der Waals surface area contributed by atoms with E-state index in [1.165, 1.54) is 25.7 Å². The summed E-state index contributed by atoms with van der Waals surface area (Å²) in [5, 5.41) is 0. The van der Waals surface area contributed by atoms with E-state index in [1.807, 2.05) is 0 Å². The first-order chi connectivity index (χ1) is 9.74. The molecule has 110 valence electrons. The molecule has 0 spiro atoms. The number of ether oxygens (including phenoxy) is 1. The third-order valence-electron chi connectivity index (χ3n) is 5.34. The van der Waals surface area contributed by atoms with Crippen LogP contribution in [-0.4, -0.2) is 12.1 Å². The van der Waals surface area contributed by atoms with Gasteiger partial charge in [0.1, 0.15) is 6.10 Å². The number of cyclic esters (lactones) is 1. The van der Waals surface area contributed by atoms with E-state index in [2.05, 4.69) is 25.2 Å². The number of carbonyl (C=O) groups excluding carboxylic acids is 1. The van der Waals surface area contributed by atoms with Gasteiger partial charge in [-0.25, -0.2) is 0 Å². The van der Waals surface area contributed by atoms with E-state index in [-0.39, 0.29) is 12.1 Å². The quantitative estimate of drug-likeness (QED) is 0.712. The molecule has 1 aliphatic heterocycles. The van der Waals surface area contributed by atoms with Crippen LogP contribution in [0.25, 0.3) is 0 Å². The average molecular weight is 274 g/mol. The standard InChI is InChI=1S/C18H26O2/c1-13-9-10-14-5-2-3-7-17(14)16(13)12-11-15-6-4-8-18(19)20-15/h5,9-10,13,15-17H,2-4,6-8,11-12H2,1H3/t13?,15-,16?,17?/m0/s1. The maximum atomic E-state index is 11.4. The molecular weight excluding hydrogens is 248 g/mol. The van der Waals surface area contributed by atoms with Crippen molar-refractivity contribution in [3.8, 4) is 0 Å². The molecule has 20 heavy (non-hydrogen) atoms. The number of allylic oxidation sites excluding steroid dienone is 4. The van der Waals surface area contributed by atoms with Gasteiger partial charge in [0.05, 0.1) is 0 Å². The molecule has 0 saturated carbocycles. The summed E-state index contributed by atoms with van der Waals surface area (Å²) < 4.78 is 5.48. The van der Waals surface area contributed by atoms with Crippen LogP contribution in [0.4, 0.5) is 0 Å². The third-order valence-corrected chi connectivity index (χ3v) is 5.34. The molecule has 1 heterocycles. The summed E-state index contributed by atoms with van der Waals surface area (Å²) in [7, 11) is 0. The third kappa shape index (κ3) is 2.99. The maximum absolute atomic E-state index is 11.4. The van der Waals surface area contributed by atoms with Crippen LogP contribution < -0.4 is 0 Å². The second-order valence-electron chi connectivity index (χ2n) is 6.71. The summed E-state index contributed by atoms with van der Waals surface area (Å²) in [5.41, 5.74) is 1.57. The van der Waals surface area contributed by atoms with Crippen LogP contribution in [0.5, 0.6) is 0 Å². The highest BCUT2D eigenvalue weighted by Crippen LogP contribution is 2.42. The van der Waals surface area contributed by atoms with E-state index in [9.17, 15) is 4.79 Å². The van der Waals surface area contributed by atoms with Gasteiger partial charge in [-0.3, -0.25) is 4.79 Å². The fourth-order valence-electron chi connectivity index (χ4n) is 4.17. The molecule has 0 aromatic rings. The van der Waals surface area contributed by atoms with E-state index >= 15 is 0 Å². The molecule has 0 bridgehead atoms. The van der Waals surface area contributed by atoms with Crippen molar-refractivity contribution in [2.45, 2.75) is 64.4 Å². The van der Waals surface area contributed by atoms with Crippen molar-refractivity contribution in [1.82, 2.24) is 0 Å². The summed E-state index contributed by atoms with van der Waals surface area (Å²) >= 11 is 0. The Morgan fingerprint density at radius 2 is 2.15 bits per heavy atom. The Bertz CT molecular complexity index is 421. The van der Waals surface area contributed by atoms with Crippen molar-refractivity contribution in [3.05, 3.63) is 23.8 Å². The molecule has 2 heteroatoms. The minimum absolute atomic E-state index is 0.0103. The van der Waals surface area contributed by atoms with Crippen LogP contribution >= 0.6 is 0 Å². The monoisotopic (exact) mass is 274 g/mol. The zero-order valence-corrected chi connectivity index (χ0v) is 12.5. The Hall–Kier alpha value is -1.05. The molecule has 0 N–H and O–H groups in total. The molecule has 0 amide bonds. The zero-order chi connectivity index (χ0) is 13.9. The van der Waals surface area contributed by atoms with E-state index in [0.717, 1.165) is 31.1 Å². The number of hydrogen-bond donors (Lipinski definition) is 0. The second-order valence-corrected chi connectivity index (χ2v) is 6.71. The number of esters is 1. The number of fused-ring (bicyclic) bond motifs is 1. The molecule has 0 aromatic heterocycles. The molecule has 1 saturated heterocycles. The smallest absolute Gasteiger partial charge is 0.306 e. The van der Waals surface area contributed by atoms with Crippen LogP contribution in [0.2, 0.25) is 0 Å². The maximum Gasteiger partial charge on any atom is 0.306 e. The molecule has 2 nitrogen and oxygen atoms in total. The molecular formula is C18H26O2. The molecule has 0 aromatic carbocycles. The van der Waals surface area contributed by atoms with Crippen molar-refractivity contribution in [2.24, 2.45) is 17.8 Å². The predicted molar refractivity (Wildman–Crippen MR) is 80.2 cm³/mol. The molecule has 1 fully saturated rings. The molecule has 4 atom stereocenters. The van der Waals surface area contributed by atoms with E-state index in [1.54, 1.807) is 5.57 Å². The van der Waals surface area contributed by atoms with Gasteiger partial charge in [0.15, 0.2) is 0 Å². The van der Waals surface area contributed by atoms with Gasteiger partial charge < -0.3 is 4.74 Å². The summed E-state index contributed by atoms with van der Waals surface area (Å²) in [6, 6.07) is 0. The highest BCUT2D eigenvalue weighted by molar-refractivity contribution is 5.70. The van der Waals surface area contributed by atoms with Gasteiger partial charge in [-0.15, -0.1) is 0 Å². The Labute approximate surface area is 122 Å². The lowest BCUT2D eigenvalue weighted by Gasteiger charge is -2.38. The first-order valence-corrected chi connectivity index (χ1v) is 8.32. The molecule has 3 unspecified atom stereocenters. The lowest BCUT2D eigenvalue weighted by molar-refractivity contribution is -0.154. The first kappa shape index (κ1) is 13.9. The highest BCUT2D eigenvalue weighted by atomic mass is 16.5. The van der Waals surface area contributed by atoms with Gasteiger partial charge in [0.2, 0.25) is 0 Å². The average Bonchev–Trinajstić information content (AvgIpc) is 2.46. The normalized spacial score (nSPS) is 37.0. The van der Waals surface area contributed by atoms with Crippen molar-refractivity contribution < 1.29 is 9.53 Å². The van der Waals surface area contributed by atoms with E-state index in [4.69, 9.17) is 4.74 Å². The van der Waals surface area contributed by atoms with Gasteiger partial charge in [-0.2, -0.15) is 0 Å². The van der Waals surface area contributed by atoms with Gasteiger partial charge in [-0.05, 0) is 68.3 Å². The molecule has 3 rings (SSSR count). The van der Waals surface area contributed by atoms with Crippen LogP contribution in [0.3, 0.4) is 0 Å². The first-order valence-electron chi connectivity index (χ1n) is 8.32. The van der Waals surface area contributed by atoms with Crippen molar-refractivity contribution >= 4 is 5.97 Å². The predicted octanol–water partition coefficient (Wildman–Crippen LogP) is 4.41. The van der Waals surface area contributed by atoms with Crippen LogP contribution in [0.1, 0.15) is 58.3 Å². The topological polar surface area (TPSA) is 26.3 Å². The lowest BCUT2D eigenvalue weighted by atomic mass is 9.68. The Morgan fingerprint density at radius 1 is 1.25 bits per heavy atom. The number of carbonyl (C=O) groups is 1. The summed E-state index contributed by atoms with van der Waals surface area (Å²) in [6.45, 7) is 2.35. The van der Waals surface area contributed by atoms with Gasteiger partial charge in [0, 0.05) is 6.42 Å². The summed E-state index contributed by atoms with van der Waals surface area (Å²) in [5.74, 6) is 2.17. The summed E-state index contributed by atoms with van der Waals surface area (Å²) in [6.07, 6.45) is 16.2. The second kappa shape index (κ2) is 6.15. The highest BCUT2D eigenvalue weighted by Gasteiger charge is 2.32. The van der Waals surface area contributed by atoms with Gasteiger partial charge in [-0.1, -0.05) is 25.2 Å². The molecule has 3 aliphatic rings. The number of hydrogen-bond acceptors (Lipinski definition) is 2. The minimum Gasteiger partial charge on any atom is -0.462 e. The van der Waals surface area contributed by atoms with Crippen molar-refractivity contribution in [2.75, 3.05) is 0 Å². The zero-order valence-electron chi connectivity index (χ0n) is 12.5. The van der Waals surface area contributed by atoms with Crippen molar-refractivity contribution in [3.63, 3.8) is 0 Å². The Kier molecular flexibility index (Phi) is 4.28. The van der Waals surface area contributed by atoms with Gasteiger partial charge >= 0.3 is 5.97 Å². The van der Waals surface area contributed by atoms with Crippen LogP contribution in [-0.2, 0) is 9.53 Å². The van der Waals surface area contributed by atoms with Crippen LogP contribution in [0, 0.1) is 17.8 Å². The lowest BCUT2D eigenvalue weighted by Crippen LogP contribution is -2.30. The largest absolute Gasteiger partial charge is 0.462 e. The minimum atomic E-state index is 0.0103. The Balaban J connectivity index is 1.61. The number of rotatable bonds is 3. The fraction of sp³-hybridized carbons (Fsp3) is 0.722. The van der Waals surface area contributed by atoms with Gasteiger partial charge in [0.25, 0.3) is 0 Å². The summed E-state index contributed by atoms with van der Waals surface area (Å²) in [4.78, 5) is 11.4. The SMILES string of the molecule is CC1C=CC2=CCCCC2C1CC[C@@H]1CCCC(=O)O1. The Morgan fingerprint density at radius 3 is 3.00 bits per heavy atom. The van der Waals surface area contributed by atoms with E-state index in [0.29, 0.717) is 12.3 Å². The molecule has 0 radical (unpaired) electrons.